The van der Waals surface area contributed by atoms with Crippen LogP contribution < -0.4 is 5.32 Å². The summed E-state index contributed by atoms with van der Waals surface area (Å²) in [5.74, 6) is 0.694. The van der Waals surface area contributed by atoms with E-state index in [4.69, 9.17) is 0 Å². The van der Waals surface area contributed by atoms with Crippen LogP contribution in [0.25, 0.3) is 0 Å². The van der Waals surface area contributed by atoms with Crippen molar-refractivity contribution in [2.24, 2.45) is 5.92 Å². The molecule has 0 aromatic heterocycles. The van der Waals surface area contributed by atoms with Crippen LogP contribution >= 0.6 is 0 Å². The van der Waals surface area contributed by atoms with Crippen molar-refractivity contribution in [3.05, 3.63) is 0 Å². The summed E-state index contributed by atoms with van der Waals surface area (Å²) in [6.07, 6.45) is 6.02. The summed E-state index contributed by atoms with van der Waals surface area (Å²) in [4.78, 5) is 0. The molecule has 1 heterocycles. The first kappa shape index (κ1) is 16.9. The first-order valence-corrected chi connectivity index (χ1v) is 9.39. The fourth-order valence-electron chi connectivity index (χ4n) is 2.51. The molecule has 0 unspecified atom stereocenters. The van der Waals surface area contributed by atoms with Crippen LogP contribution in [-0.2, 0) is 10.0 Å². The molecule has 0 atom stereocenters. The first-order valence-electron chi connectivity index (χ1n) is 7.78. The molecule has 19 heavy (non-hydrogen) atoms. The van der Waals surface area contributed by atoms with Crippen LogP contribution in [0.4, 0.5) is 0 Å². The van der Waals surface area contributed by atoms with Crippen LogP contribution in [0.1, 0.15) is 52.4 Å². The molecular weight excluding hydrogens is 260 g/mol. The Labute approximate surface area is 119 Å². The summed E-state index contributed by atoms with van der Waals surface area (Å²) < 4.78 is 26.8. The van der Waals surface area contributed by atoms with Gasteiger partial charge < -0.3 is 5.32 Å². The number of sulfonamides is 1. The minimum Gasteiger partial charge on any atom is -0.317 e. The van der Waals surface area contributed by atoms with Gasteiger partial charge in [0.05, 0.1) is 5.75 Å². The monoisotopic (exact) mass is 290 g/mol. The summed E-state index contributed by atoms with van der Waals surface area (Å²) >= 11 is 0. The Bertz CT molecular complexity index is 316. The van der Waals surface area contributed by atoms with Crippen molar-refractivity contribution >= 4 is 10.0 Å². The largest absolute Gasteiger partial charge is 0.317 e. The van der Waals surface area contributed by atoms with Gasteiger partial charge in [0.15, 0.2) is 0 Å². The van der Waals surface area contributed by atoms with Crippen LogP contribution in [0.5, 0.6) is 0 Å². The molecule has 1 saturated heterocycles. The van der Waals surface area contributed by atoms with Gasteiger partial charge in [-0.2, -0.15) is 0 Å². The normalized spacial score (nSPS) is 18.1. The van der Waals surface area contributed by atoms with Crippen molar-refractivity contribution in [2.45, 2.75) is 52.4 Å². The van der Waals surface area contributed by atoms with E-state index < -0.39 is 10.0 Å². The number of rotatable bonds is 9. The second kappa shape index (κ2) is 8.93. The zero-order valence-electron chi connectivity index (χ0n) is 12.5. The maximum atomic E-state index is 12.5. The highest BCUT2D eigenvalue weighted by Crippen LogP contribution is 2.17. The fraction of sp³-hybridized carbons (Fsp3) is 1.00. The van der Waals surface area contributed by atoms with E-state index in [9.17, 15) is 8.42 Å². The second-order valence-corrected chi connectivity index (χ2v) is 7.59. The van der Waals surface area contributed by atoms with Gasteiger partial charge in [0.25, 0.3) is 0 Å². The number of hydrogen-bond acceptors (Lipinski definition) is 3. The van der Waals surface area contributed by atoms with Crippen molar-refractivity contribution in [2.75, 3.05) is 31.9 Å². The molecule has 4 nitrogen and oxygen atoms in total. The molecule has 114 valence electrons. The highest BCUT2D eigenvalue weighted by Gasteiger charge is 2.26. The Hall–Kier alpha value is -0.130. The first-order chi connectivity index (χ1) is 9.10. The molecule has 0 aromatic rings. The third kappa shape index (κ3) is 6.23. The Morgan fingerprint density at radius 2 is 1.58 bits per heavy atom. The molecule has 1 aliphatic rings. The van der Waals surface area contributed by atoms with E-state index in [1.54, 1.807) is 4.31 Å². The van der Waals surface area contributed by atoms with E-state index in [0.29, 0.717) is 24.8 Å². The summed E-state index contributed by atoms with van der Waals surface area (Å²) in [7, 11) is -3.06. The predicted molar refractivity (Wildman–Crippen MR) is 80.8 cm³/mol. The highest BCUT2D eigenvalue weighted by atomic mass is 32.2. The average molecular weight is 290 g/mol. The molecule has 0 spiro atoms. The molecule has 5 heteroatoms. The fourth-order valence-corrected chi connectivity index (χ4v) is 4.46. The van der Waals surface area contributed by atoms with Crippen LogP contribution in [-0.4, -0.2) is 44.7 Å². The van der Waals surface area contributed by atoms with E-state index in [-0.39, 0.29) is 0 Å². The molecule has 1 aliphatic heterocycles. The quantitative estimate of drug-likeness (QED) is 0.708. The maximum absolute atomic E-state index is 12.5. The lowest BCUT2D eigenvalue weighted by Crippen LogP contribution is -2.39. The van der Waals surface area contributed by atoms with Crippen LogP contribution in [0.2, 0.25) is 0 Å². The summed E-state index contributed by atoms with van der Waals surface area (Å²) in [6.45, 7) is 7.54. The molecule has 1 fully saturated rings. The summed E-state index contributed by atoms with van der Waals surface area (Å²) in [5.41, 5.74) is 0. The lowest BCUT2D eigenvalue weighted by molar-refractivity contribution is 0.368. The molecule has 0 bridgehead atoms. The predicted octanol–water partition coefficient (Wildman–Crippen LogP) is 2.22. The number of nitrogens with one attached hydrogen (secondary N) is 1. The minimum atomic E-state index is -3.06. The SMILES string of the molecule is CCCCN(CCCC)S(=O)(=O)CC1CCNCC1. The Morgan fingerprint density at radius 1 is 1.05 bits per heavy atom. The molecular formula is C14H30N2O2S. The Morgan fingerprint density at radius 3 is 2.05 bits per heavy atom. The van der Waals surface area contributed by atoms with Crippen molar-refractivity contribution in [1.82, 2.24) is 9.62 Å². The maximum Gasteiger partial charge on any atom is 0.214 e. The van der Waals surface area contributed by atoms with Gasteiger partial charge in [0.2, 0.25) is 10.0 Å². The topological polar surface area (TPSA) is 49.4 Å². The standard InChI is InChI=1S/C14H30N2O2S/c1-3-5-11-16(12-6-4-2)19(17,18)13-14-7-9-15-10-8-14/h14-15H,3-13H2,1-2H3. The van der Waals surface area contributed by atoms with Gasteiger partial charge in [-0.25, -0.2) is 12.7 Å². The van der Waals surface area contributed by atoms with E-state index in [1.165, 1.54) is 0 Å². The van der Waals surface area contributed by atoms with Crippen molar-refractivity contribution in [1.29, 1.82) is 0 Å². The van der Waals surface area contributed by atoms with Gasteiger partial charge in [0, 0.05) is 13.1 Å². The van der Waals surface area contributed by atoms with E-state index in [0.717, 1.165) is 51.6 Å². The summed E-state index contributed by atoms with van der Waals surface area (Å²) in [6, 6.07) is 0. The molecule has 0 aliphatic carbocycles. The van der Waals surface area contributed by atoms with Gasteiger partial charge in [-0.1, -0.05) is 26.7 Å². The molecule has 0 saturated carbocycles. The number of hydrogen-bond donors (Lipinski definition) is 1. The Kier molecular flexibility index (Phi) is 7.95. The lowest BCUT2D eigenvalue weighted by atomic mass is 10.0. The van der Waals surface area contributed by atoms with E-state index >= 15 is 0 Å². The van der Waals surface area contributed by atoms with Gasteiger partial charge in [-0.15, -0.1) is 0 Å². The highest BCUT2D eigenvalue weighted by molar-refractivity contribution is 7.89. The van der Waals surface area contributed by atoms with Crippen molar-refractivity contribution in [3.63, 3.8) is 0 Å². The van der Waals surface area contributed by atoms with E-state index in [1.807, 2.05) is 0 Å². The molecule has 0 aromatic carbocycles. The molecule has 1 rings (SSSR count). The average Bonchev–Trinajstić information content (AvgIpc) is 2.39. The third-order valence-corrected chi connectivity index (χ3v) is 5.87. The Balaban J connectivity index is 2.56. The van der Waals surface area contributed by atoms with Crippen LogP contribution in [0.15, 0.2) is 0 Å². The lowest BCUT2D eigenvalue weighted by Gasteiger charge is -2.27. The molecule has 0 amide bonds. The van der Waals surface area contributed by atoms with Gasteiger partial charge in [-0.05, 0) is 44.7 Å². The van der Waals surface area contributed by atoms with Gasteiger partial charge in [0.1, 0.15) is 0 Å². The number of nitrogens with zero attached hydrogens (tertiary/aromatic N) is 1. The smallest absolute Gasteiger partial charge is 0.214 e. The molecule has 0 radical (unpaired) electrons. The van der Waals surface area contributed by atoms with Crippen LogP contribution in [0.3, 0.4) is 0 Å². The number of piperidine rings is 1. The van der Waals surface area contributed by atoms with Crippen molar-refractivity contribution < 1.29 is 8.42 Å². The third-order valence-electron chi connectivity index (χ3n) is 3.82. The second-order valence-electron chi connectivity index (χ2n) is 5.58. The van der Waals surface area contributed by atoms with Crippen LogP contribution in [0, 0.1) is 5.92 Å². The van der Waals surface area contributed by atoms with E-state index in [2.05, 4.69) is 19.2 Å². The summed E-state index contributed by atoms with van der Waals surface area (Å²) in [5, 5.41) is 3.29. The zero-order chi connectivity index (χ0) is 14.1. The van der Waals surface area contributed by atoms with Crippen molar-refractivity contribution in [3.8, 4) is 0 Å². The number of unbranched alkanes of at least 4 members (excludes halogenated alkanes) is 2. The zero-order valence-corrected chi connectivity index (χ0v) is 13.3. The minimum absolute atomic E-state index is 0.344. The van der Waals surface area contributed by atoms with Gasteiger partial charge >= 0.3 is 0 Å². The van der Waals surface area contributed by atoms with Gasteiger partial charge in [-0.3, -0.25) is 0 Å². The molecule has 1 N–H and O–H groups in total.